The van der Waals surface area contributed by atoms with Crippen LogP contribution in [0.15, 0.2) is 18.2 Å². The molecule has 4 heteroatoms. The standard InChI is InChI=1S/C17H24F2N2/c18-14-8-7-13(10-15(14)19)16(20)11-21-9-3-6-17(21)12-4-1-2-5-12/h7-8,10,12,16-17H,1-6,9,11,20H2. The fraction of sp³-hybridized carbons (Fsp3) is 0.647. The summed E-state index contributed by atoms with van der Waals surface area (Å²) < 4.78 is 26.3. The Balaban J connectivity index is 1.65. The highest BCUT2D eigenvalue weighted by Crippen LogP contribution is 2.36. The van der Waals surface area contributed by atoms with E-state index in [1.54, 1.807) is 6.07 Å². The van der Waals surface area contributed by atoms with Crippen molar-refractivity contribution >= 4 is 0 Å². The number of likely N-dealkylation sites (tertiary alicyclic amines) is 1. The Labute approximate surface area is 125 Å². The number of benzene rings is 1. The molecule has 1 aromatic rings. The minimum atomic E-state index is -0.809. The molecule has 2 fully saturated rings. The van der Waals surface area contributed by atoms with Crippen molar-refractivity contribution < 1.29 is 8.78 Å². The molecule has 0 amide bonds. The number of rotatable bonds is 4. The molecular formula is C17H24F2N2. The largest absolute Gasteiger partial charge is 0.323 e. The number of nitrogens with zero attached hydrogens (tertiary/aromatic N) is 1. The van der Waals surface area contributed by atoms with Gasteiger partial charge in [-0.15, -0.1) is 0 Å². The van der Waals surface area contributed by atoms with Gasteiger partial charge in [0.2, 0.25) is 0 Å². The summed E-state index contributed by atoms with van der Waals surface area (Å²) in [5.41, 5.74) is 6.91. The van der Waals surface area contributed by atoms with Crippen LogP contribution in [-0.4, -0.2) is 24.0 Å². The van der Waals surface area contributed by atoms with Gasteiger partial charge in [0, 0.05) is 18.6 Å². The molecule has 2 nitrogen and oxygen atoms in total. The average Bonchev–Trinajstić information content (AvgIpc) is 3.12. The van der Waals surface area contributed by atoms with Crippen molar-refractivity contribution in [3.8, 4) is 0 Å². The van der Waals surface area contributed by atoms with E-state index in [9.17, 15) is 8.78 Å². The van der Waals surface area contributed by atoms with E-state index in [1.807, 2.05) is 0 Å². The first-order chi connectivity index (χ1) is 10.1. The van der Waals surface area contributed by atoms with Crippen LogP contribution >= 0.6 is 0 Å². The second-order valence-electron chi connectivity index (χ2n) is 6.53. The maximum absolute atomic E-state index is 13.3. The molecule has 0 bridgehead atoms. The van der Waals surface area contributed by atoms with E-state index in [0.717, 1.165) is 19.0 Å². The fourth-order valence-corrected chi connectivity index (χ4v) is 4.06. The Morgan fingerprint density at radius 2 is 1.86 bits per heavy atom. The van der Waals surface area contributed by atoms with Crippen LogP contribution in [0.3, 0.4) is 0 Å². The molecule has 116 valence electrons. The van der Waals surface area contributed by atoms with E-state index in [2.05, 4.69) is 4.90 Å². The summed E-state index contributed by atoms with van der Waals surface area (Å²) in [6.07, 6.45) is 7.86. The molecule has 2 unspecified atom stereocenters. The van der Waals surface area contributed by atoms with E-state index < -0.39 is 11.6 Å². The number of halogens is 2. The number of hydrogen-bond donors (Lipinski definition) is 1. The van der Waals surface area contributed by atoms with Gasteiger partial charge in [-0.2, -0.15) is 0 Å². The lowest BCUT2D eigenvalue weighted by Crippen LogP contribution is -2.39. The van der Waals surface area contributed by atoms with Gasteiger partial charge in [-0.25, -0.2) is 8.78 Å². The monoisotopic (exact) mass is 294 g/mol. The third kappa shape index (κ3) is 3.27. The summed E-state index contributed by atoms with van der Waals surface area (Å²) >= 11 is 0. The Bertz CT molecular complexity index is 486. The second-order valence-corrected chi connectivity index (χ2v) is 6.53. The second kappa shape index (κ2) is 6.41. The predicted octanol–water partition coefficient (Wildman–Crippen LogP) is 3.62. The van der Waals surface area contributed by atoms with E-state index >= 15 is 0 Å². The van der Waals surface area contributed by atoms with Crippen LogP contribution < -0.4 is 5.73 Å². The molecule has 0 spiro atoms. The summed E-state index contributed by atoms with van der Waals surface area (Å²) in [5, 5.41) is 0. The lowest BCUT2D eigenvalue weighted by molar-refractivity contribution is 0.181. The summed E-state index contributed by atoms with van der Waals surface area (Å²) in [5.74, 6) is -0.808. The quantitative estimate of drug-likeness (QED) is 0.919. The van der Waals surface area contributed by atoms with Crippen LogP contribution in [0.4, 0.5) is 8.78 Å². The zero-order chi connectivity index (χ0) is 14.8. The number of nitrogens with two attached hydrogens (primary N) is 1. The molecule has 2 N–H and O–H groups in total. The molecule has 21 heavy (non-hydrogen) atoms. The van der Waals surface area contributed by atoms with Gasteiger partial charge < -0.3 is 5.73 Å². The van der Waals surface area contributed by atoms with Gasteiger partial charge >= 0.3 is 0 Å². The first kappa shape index (κ1) is 14.9. The van der Waals surface area contributed by atoms with Crippen molar-refractivity contribution in [2.24, 2.45) is 11.7 Å². The van der Waals surface area contributed by atoms with Gasteiger partial charge in [0.1, 0.15) is 0 Å². The van der Waals surface area contributed by atoms with Crippen molar-refractivity contribution in [2.45, 2.75) is 50.6 Å². The Hall–Kier alpha value is -1.00. The topological polar surface area (TPSA) is 29.3 Å². The van der Waals surface area contributed by atoms with E-state index in [4.69, 9.17) is 5.73 Å². The van der Waals surface area contributed by atoms with Gasteiger partial charge in [0.25, 0.3) is 0 Å². The Morgan fingerprint density at radius 3 is 2.57 bits per heavy atom. The van der Waals surface area contributed by atoms with Crippen molar-refractivity contribution in [3.05, 3.63) is 35.4 Å². The van der Waals surface area contributed by atoms with E-state index in [0.29, 0.717) is 11.6 Å². The minimum Gasteiger partial charge on any atom is -0.323 e. The summed E-state index contributed by atoms with van der Waals surface area (Å²) in [6.45, 7) is 1.82. The maximum atomic E-state index is 13.3. The van der Waals surface area contributed by atoms with Crippen LogP contribution in [-0.2, 0) is 0 Å². The lowest BCUT2D eigenvalue weighted by atomic mass is 9.95. The minimum absolute atomic E-state index is 0.248. The van der Waals surface area contributed by atoms with Gasteiger partial charge in [0.15, 0.2) is 11.6 Å². The molecule has 2 aliphatic rings. The predicted molar refractivity (Wildman–Crippen MR) is 79.8 cm³/mol. The molecule has 1 saturated carbocycles. The smallest absolute Gasteiger partial charge is 0.159 e. The molecule has 1 heterocycles. The van der Waals surface area contributed by atoms with Crippen LogP contribution in [0.1, 0.15) is 50.1 Å². The Kier molecular flexibility index (Phi) is 4.55. The fourth-order valence-electron chi connectivity index (χ4n) is 4.06. The van der Waals surface area contributed by atoms with Gasteiger partial charge in [0.05, 0.1) is 0 Å². The molecule has 1 aliphatic carbocycles. The zero-order valence-electron chi connectivity index (χ0n) is 12.4. The third-order valence-electron chi connectivity index (χ3n) is 5.16. The number of hydrogen-bond acceptors (Lipinski definition) is 2. The summed E-state index contributed by atoms with van der Waals surface area (Å²) in [4.78, 5) is 2.47. The molecule has 1 aromatic carbocycles. The van der Waals surface area contributed by atoms with E-state index in [1.165, 1.54) is 50.7 Å². The first-order valence-electron chi connectivity index (χ1n) is 8.09. The van der Waals surface area contributed by atoms with E-state index in [-0.39, 0.29) is 6.04 Å². The van der Waals surface area contributed by atoms with Gasteiger partial charge in [-0.1, -0.05) is 18.9 Å². The highest BCUT2D eigenvalue weighted by atomic mass is 19.2. The van der Waals surface area contributed by atoms with Gasteiger partial charge in [-0.05, 0) is 55.8 Å². The molecule has 0 radical (unpaired) electrons. The van der Waals surface area contributed by atoms with Crippen LogP contribution in [0.5, 0.6) is 0 Å². The molecular weight excluding hydrogens is 270 g/mol. The van der Waals surface area contributed by atoms with Gasteiger partial charge in [-0.3, -0.25) is 4.90 Å². The van der Waals surface area contributed by atoms with Crippen LogP contribution in [0, 0.1) is 17.6 Å². The molecule has 2 atom stereocenters. The van der Waals surface area contributed by atoms with Crippen LogP contribution in [0.25, 0.3) is 0 Å². The van der Waals surface area contributed by atoms with Crippen molar-refractivity contribution in [2.75, 3.05) is 13.1 Å². The normalized spacial score (nSPS) is 25.6. The lowest BCUT2D eigenvalue weighted by Gasteiger charge is -2.31. The van der Waals surface area contributed by atoms with Crippen molar-refractivity contribution in [1.29, 1.82) is 0 Å². The first-order valence-corrected chi connectivity index (χ1v) is 8.09. The van der Waals surface area contributed by atoms with Crippen molar-refractivity contribution in [3.63, 3.8) is 0 Å². The van der Waals surface area contributed by atoms with Crippen molar-refractivity contribution in [1.82, 2.24) is 4.90 Å². The molecule has 1 aliphatic heterocycles. The molecule has 3 rings (SSSR count). The Morgan fingerprint density at radius 1 is 1.10 bits per heavy atom. The highest BCUT2D eigenvalue weighted by Gasteiger charge is 2.33. The van der Waals surface area contributed by atoms with Crippen LogP contribution in [0.2, 0.25) is 0 Å². The average molecular weight is 294 g/mol. The zero-order valence-corrected chi connectivity index (χ0v) is 12.4. The third-order valence-corrected chi connectivity index (χ3v) is 5.16. The maximum Gasteiger partial charge on any atom is 0.159 e. The molecule has 0 aromatic heterocycles. The molecule has 1 saturated heterocycles. The summed E-state index contributed by atoms with van der Waals surface area (Å²) in [6, 6.07) is 4.40. The SMILES string of the molecule is NC(CN1CCCC1C1CCCC1)c1ccc(F)c(F)c1. The highest BCUT2D eigenvalue weighted by molar-refractivity contribution is 5.21. The summed E-state index contributed by atoms with van der Waals surface area (Å²) in [7, 11) is 0.